The number of ether oxygens (including phenoxy) is 2. The van der Waals surface area contributed by atoms with Gasteiger partial charge in [-0.1, -0.05) is 37.3 Å². The normalized spacial score (nSPS) is 13.7. The number of hydrogen-bond acceptors (Lipinski definition) is 7. The topological polar surface area (TPSA) is 112 Å². The minimum absolute atomic E-state index is 0.193. The van der Waals surface area contributed by atoms with Gasteiger partial charge in [-0.15, -0.1) is 0 Å². The number of carbonyl (C=O) groups excluding carboxylic acids is 2. The van der Waals surface area contributed by atoms with Crippen molar-refractivity contribution in [3.8, 4) is 17.1 Å². The Morgan fingerprint density at radius 3 is 2.41 bits per heavy atom. The third-order valence-electron chi connectivity index (χ3n) is 7.12. The van der Waals surface area contributed by atoms with Crippen LogP contribution >= 0.6 is 0 Å². The summed E-state index contributed by atoms with van der Waals surface area (Å²) < 4.78 is 10.6. The van der Waals surface area contributed by atoms with Crippen molar-refractivity contribution in [1.29, 1.82) is 0 Å². The second-order valence-corrected chi connectivity index (χ2v) is 9.81. The summed E-state index contributed by atoms with van der Waals surface area (Å²) in [6.45, 7) is 9.11. The number of amides is 3. The number of imidazole rings is 1. The Hall–Kier alpha value is -4.57. The number of para-hydroxylation sites is 1. The van der Waals surface area contributed by atoms with Gasteiger partial charge < -0.3 is 24.7 Å². The van der Waals surface area contributed by atoms with Gasteiger partial charge in [-0.3, -0.25) is 4.90 Å². The lowest BCUT2D eigenvalue weighted by Crippen LogP contribution is -2.47. The van der Waals surface area contributed by atoms with Crippen molar-refractivity contribution in [2.75, 3.05) is 56.2 Å². The van der Waals surface area contributed by atoms with Crippen molar-refractivity contribution in [2.24, 2.45) is 0 Å². The largest absolute Gasteiger partial charge is 0.492 e. The van der Waals surface area contributed by atoms with Crippen molar-refractivity contribution in [2.45, 2.75) is 20.3 Å². The van der Waals surface area contributed by atoms with E-state index >= 15 is 0 Å². The second-order valence-electron chi connectivity index (χ2n) is 9.81. The molecule has 2 heterocycles. The van der Waals surface area contributed by atoms with E-state index in [9.17, 15) is 9.59 Å². The van der Waals surface area contributed by atoms with Crippen molar-refractivity contribution in [1.82, 2.24) is 20.2 Å². The minimum atomic E-state index is -0.786. The van der Waals surface area contributed by atoms with Gasteiger partial charge in [0.1, 0.15) is 23.7 Å². The number of aromatic nitrogens is 2. The number of rotatable bonds is 9. The predicted octanol–water partition coefficient (Wildman–Crippen LogP) is 5.27. The highest BCUT2D eigenvalue weighted by Gasteiger charge is 2.20. The van der Waals surface area contributed by atoms with Gasteiger partial charge in [0, 0.05) is 44.0 Å². The number of anilines is 2. The molecule has 0 radical (unpaired) electrons. The number of aryl methyl sites for hydroxylation is 1. The van der Waals surface area contributed by atoms with Gasteiger partial charge in [-0.05, 0) is 55.3 Å². The molecule has 0 aliphatic carbocycles. The van der Waals surface area contributed by atoms with E-state index in [-0.39, 0.29) is 6.61 Å². The van der Waals surface area contributed by atoms with Crippen LogP contribution in [0.1, 0.15) is 19.4 Å². The number of aromatic amines is 1. The van der Waals surface area contributed by atoms with Crippen molar-refractivity contribution < 1.29 is 19.1 Å². The maximum Gasteiger partial charge on any atom is 0.415 e. The van der Waals surface area contributed by atoms with E-state index in [1.807, 2.05) is 0 Å². The zero-order valence-corrected chi connectivity index (χ0v) is 23.5. The van der Waals surface area contributed by atoms with E-state index in [2.05, 4.69) is 79.5 Å². The summed E-state index contributed by atoms with van der Waals surface area (Å²) in [5, 5.41) is 4.67. The smallest absolute Gasteiger partial charge is 0.415 e. The van der Waals surface area contributed by atoms with Gasteiger partial charge >= 0.3 is 12.1 Å². The van der Waals surface area contributed by atoms with Crippen LogP contribution in [0.5, 0.6) is 5.75 Å². The number of nitrogens with zero attached hydrogens (tertiary/aromatic N) is 3. The lowest BCUT2D eigenvalue weighted by atomic mass is 10.1. The number of imide groups is 1. The number of carbonyl (C=O) groups is 2. The van der Waals surface area contributed by atoms with E-state index in [1.165, 1.54) is 5.56 Å². The zero-order valence-electron chi connectivity index (χ0n) is 23.5. The molecule has 0 atom stereocenters. The van der Waals surface area contributed by atoms with Crippen molar-refractivity contribution in [3.63, 3.8) is 0 Å². The molecule has 0 spiro atoms. The number of H-pyrrole nitrogens is 1. The first kappa shape index (κ1) is 28.0. The standard InChI is InChI=1S/C31H36N6O4/c1-3-22-8-10-23(11-9-22)29-33-26-6-5-7-27(28(26)34-29)37-18-16-36(17-19-37)20-21-41-25-14-12-24(13-15-25)32-30(38)35-31(39)40-4-2/h5-15H,3-4,16-21H2,1-2H3,(H,33,34)(H2,32,35,38,39). The van der Waals surface area contributed by atoms with Crippen LogP contribution in [0.3, 0.4) is 0 Å². The summed E-state index contributed by atoms with van der Waals surface area (Å²) in [5.41, 5.74) is 6.18. The molecule has 3 N–H and O–H groups in total. The Kier molecular flexibility index (Phi) is 9.00. The monoisotopic (exact) mass is 556 g/mol. The summed E-state index contributed by atoms with van der Waals surface area (Å²) in [6.07, 6.45) is 0.238. The number of alkyl carbamates (subject to hydrolysis) is 1. The third-order valence-corrected chi connectivity index (χ3v) is 7.12. The van der Waals surface area contributed by atoms with Crippen LogP contribution in [-0.2, 0) is 11.2 Å². The first-order chi connectivity index (χ1) is 20.0. The van der Waals surface area contributed by atoms with E-state index in [1.54, 1.807) is 31.2 Å². The number of fused-ring (bicyclic) bond motifs is 1. The lowest BCUT2D eigenvalue weighted by molar-refractivity contribution is 0.154. The molecule has 4 aromatic rings. The van der Waals surface area contributed by atoms with Gasteiger partial charge in [0.05, 0.1) is 17.8 Å². The molecule has 41 heavy (non-hydrogen) atoms. The van der Waals surface area contributed by atoms with Crippen LogP contribution in [0.4, 0.5) is 21.0 Å². The highest BCUT2D eigenvalue weighted by molar-refractivity contribution is 5.99. The molecule has 1 aliphatic rings. The molecule has 0 saturated carbocycles. The van der Waals surface area contributed by atoms with E-state index in [4.69, 9.17) is 9.72 Å². The second kappa shape index (κ2) is 13.2. The summed E-state index contributed by atoms with van der Waals surface area (Å²) in [6, 6.07) is 21.3. The molecule has 10 nitrogen and oxygen atoms in total. The van der Waals surface area contributed by atoms with Gasteiger partial charge in [-0.25, -0.2) is 19.9 Å². The van der Waals surface area contributed by atoms with Crippen molar-refractivity contribution in [3.05, 3.63) is 72.3 Å². The molecule has 10 heteroatoms. The first-order valence-electron chi connectivity index (χ1n) is 14.1. The molecule has 1 fully saturated rings. The Bertz CT molecular complexity index is 1460. The quantitative estimate of drug-likeness (QED) is 0.257. The fourth-order valence-corrected chi connectivity index (χ4v) is 4.87. The van der Waals surface area contributed by atoms with Gasteiger partial charge in [0.2, 0.25) is 0 Å². The van der Waals surface area contributed by atoms with Gasteiger partial charge in [0.25, 0.3) is 0 Å². The molecule has 1 saturated heterocycles. The van der Waals surface area contributed by atoms with Crippen LogP contribution in [0, 0.1) is 0 Å². The van der Waals surface area contributed by atoms with Crippen LogP contribution in [-0.4, -0.2) is 72.9 Å². The molecule has 0 unspecified atom stereocenters. The molecular weight excluding hydrogens is 520 g/mol. The van der Waals surface area contributed by atoms with Crippen molar-refractivity contribution >= 4 is 34.5 Å². The first-order valence-corrected chi connectivity index (χ1v) is 14.1. The summed E-state index contributed by atoms with van der Waals surface area (Å²) in [4.78, 5) is 36.4. The molecule has 1 aromatic heterocycles. The molecular formula is C31H36N6O4. The highest BCUT2D eigenvalue weighted by Crippen LogP contribution is 2.29. The third kappa shape index (κ3) is 7.15. The molecule has 3 aromatic carbocycles. The van der Waals surface area contributed by atoms with Gasteiger partial charge in [-0.2, -0.15) is 0 Å². The van der Waals surface area contributed by atoms with Gasteiger partial charge in [0.15, 0.2) is 0 Å². The Morgan fingerprint density at radius 2 is 1.71 bits per heavy atom. The lowest BCUT2D eigenvalue weighted by Gasteiger charge is -2.36. The number of nitrogens with one attached hydrogen (secondary N) is 3. The number of benzene rings is 3. The SMILES string of the molecule is CCOC(=O)NC(=O)Nc1ccc(OCCN2CCN(c3cccc4[nH]c(-c5ccc(CC)cc5)nc34)CC2)cc1. The number of piperazine rings is 1. The van der Waals surface area contributed by atoms with Crippen LogP contribution in [0.2, 0.25) is 0 Å². The minimum Gasteiger partial charge on any atom is -0.492 e. The predicted molar refractivity (Wildman–Crippen MR) is 161 cm³/mol. The van der Waals surface area contributed by atoms with E-state index in [0.717, 1.165) is 67.3 Å². The maximum absolute atomic E-state index is 11.8. The van der Waals surface area contributed by atoms with E-state index < -0.39 is 12.1 Å². The van der Waals surface area contributed by atoms with Crippen LogP contribution in [0.15, 0.2) is 66.7 Å². The summed E-state index contributed by atoms with van der Waals surface area (Å²) in [5.74, 6) is 1.61. The van der Waals surface area contributed by atoms with Crippen LogP contribution < -0.4 is 20.3 Å². The van der Waals surface area contributed by atoms with Crippen LogP contribution in [0.25, 0.3) is 22.4 Å². The molecule has 3 amide bonds. The summed E-state index contributed by atoms with van der Waals surface area (Å²) >= 11 is 0. The Labute approximate surface area is 239 Å². The Balaban J connectivity index is 1.09. The zero-order chi connectivity index (χ0) is 28.6. The highest BCUT2D eigenvalue weighted by atomic mass is 16.5. The maximum atomic E-state index is 11.8. The number of urea groups is 1. The summed E-state index contributed by atoms with van der Waals surface area (Å²) in [7, 11) is 0. The fraction of sp³-hybridized carbons (Fsp3) is 0.323. The Morgan fingerprint density at radius 1 is 0.951 bits per heavy atom. The number of hydrogen-bond donors (Lipinski definition) is 3. The van der Waals surface area contributed by atoms with E-state index in [0.29, 0.717) is 18.0 Å². The molecule has 214 valence electrons. The average molecular weight is 557 g/mol. The average Bonchev–Trinajstić information content (AvgIpc) is 3.43. The fourth-order valence-electron chi connectivity index (χ4n) is 4.87. The molecule has 1 aliphatic heterocycles. The molecule has 5 rings (SSSR count). The molecule has 0 bridgehead atoms.